The molecular formula is C16H25F2N3. The van der Waals surface area contributed by atoms with Crippen LogP contribution in [0.25, 0.3) is 0 Å². The summed E-state index contributed by atoms with van der Waals surface area (Å²) in [7, 11) is 0. The summed E-state index contributed by atoms with van der Waals surface area (Å²) in [6.07, 6.45) is 1.01. The number of benzene rings is 1. The lowest BCUT2D eigenvalue weighted by atomic mass is 10.1. The molecule has 21 heavy (non-hydrogen) atoms. The van der Waals surface area contributed by atoms with Gasteiger partial charge in [-0.3, -0.25) is 9.80 Å². The molecule has 1 aliphatic rings. The minimum Gasteiger partial charge on any atom is -0.329 e. The van der Waals surface area contributed by atoms with Gasteiger partial charge in [-0.15, -0.1) is 0 Å². The number of hydrogen-bond donors (Lipinski definition) is 1. The molecule has 1 fully saturated rings. The van der Waals surface area contributed by atoms with Crippen LogP contribution in [0.1, 0.15) is 18.9 Å². The van der Waals surface area contributed by atoms with Crippen LogP contribution in [0.15, 0.2) is 30.3 Å². The van der Waals surface area contributed by atoms with E-state index in [1.807, 2.05) is 4.90 Å². The summed E-state index contributed by atoms with van der Waals surface area (Å²) in [5.41, 5.74) is 5.85. The van der Waals surface area contributed by atoms with Gasteiger partial charge in [0.15, 0.2) is 0 Å². The maximum atomic E-state index is 14.3. The molecule has 1 atom stereocenters. The number of nitrogens with zero attached hydrogens (tertiary/aromatic N) is 2. The Kier molecular flexibility index (Phi) is 5.67. The van der Waals surface area contributed by atoms with E-state index in [0.29, 0.717) is 25.7 Å². The molecule has 0 aromatic heterocycles. The van der Waals surface area contributed by atoms with E-state index in [9.17, 15) is 8.78 Å². The molecular weight excluding hydrogens is 272 g/mol. The molecule has 5 heteroatoms. The lowest BCUT2D eigenvalue weighted by Crippen LogP contribution is -2.53. The zero-order chi connectivity index (χ0) is 15.3. The quantitative estimate of drug-likeness (QED) is 0.873. The normalized spacial score (nSPS) is 19.6. The molecule has 0 spiro atoms. The van der Waals surface area contributed by atoms with E-state index in [1.165, 1.54) is 12.1 Å². The smallest absolute Gasteiger partial charge is 0.285 e. The van der Waals surface area contributed by atoms with Gasteiger partial charge in [-0.25, -0.2) is 0 Å². The lowest BCUT2D eigenvalue weighted by molar-refractivity contribution is -0.0497. The first-order chi connectivity index (χ1) is 10.1. The highest BCUT2D eigenvalue weighted by Crippen LogP contribution is 2.29. The van der Waals surface area contributed by atoms with Crippen LogP contribution in [0.3, 0.4) is 0 Å². The van der Waals surface area contributed by atoms with Crippen LogP contribution < -0.4 is 5.73 Å². The topological polar surface area (TPSA) is 32.5 Å². The number of hydrogen-bond acceptors (Lipinski definition) is 3. The van der Waals surface area contributed by atoms with Crippen LogP contribution in [0, 0.1) is 0 Å². The third-order valence-electron chi connectivity index (χ3n) is 4.28. The van der Waals surface area contributed by atoms with Crippen LogP contribution in [0.2, 0.25) is 0 Å². The highest BCUT2D eigenvalue weighted by Gasteiger charge is 2.35. The predicted molar refractivity (Wildman–Crippen MR) is 81.5 cm³/mol. The van der Waals surface area contributed by atoms with Gasteiger partial charge in [0.1, 0.15) is 0 Å². The summed E-state index contributed by atoms with van der Waals surface area (Å²) in [4.78, 5) is 4.17. The van der Waals surface area contributed by atoms with E-state index in [-0.39, 0.29) is 12.1 Å². The molecule has 1 heterocycles. The third-order valence-corrected chi connectivity index (χ3v) is 4.28. The Labute approximate surface area is 125 Å². The van der Waals surface area contributed by atoms with Crippen LogP contribution in [0.5, 0.6) is 0 Å². The summed E-state index contributed by atoms with van der Waals surface area (Å²) >= 11 is 0. The van der Waals surface area contributed by atoms with Crippen molar-refractivity contribution in [2.45, 2.75) is 25.3 Å². The van der Waals surface area contributed by atoms with Crippen molar-refractivity contribution >= 4 is 0 Å². The monoisotopic (exact) mass is 297 g/mol. The Morgan fingerprint density at radius 2 is 1.76 bits per heavy atom. The molecule has 0 aliphatic carbocycles. The number of halogens is 2. The average Bonchev–Trinajstić information content (AvgIpc) is 2.51. The fraction of sp³-hybridized carbons (Fsp3) is 0.625. The van der Waals surface area contributed by atoms with E-state index in [2.05, 4.69) is 11.8 Å². The van der Waals surface area contributed by atoms with Gasteiger partial charge in [0, 0.05) is 44.3 Å². The van der Waals surface area contributed by atoms with Crippen molar-refractivity contribution in [2.75, 3.05) is 39.3 Å². The zero-order valence-electron chi connectivity index (χ0n) is 12.6. The molecule has 0 bridgehead atoms. The molecule has 0 amide bonds. The summed E-state index contributed by atoms with van der Waals surface area (Å²) in [5, 5.41) is 0. The zero-order valence-corrected chi connectivity index (χ0v) is 12.6. The fourth-order valence-electron chi connectivity index (χ4n) is 2.91. The van der Waals surface area contributed by atoms with Crippen molar-refractivity contribution in [2.24, 2.45) is 5.73 Å². The van der Waals surface area contributed by atoms with E-state index < -0.39 is 5.92 Å². The van der Waals surface area contributed by atoms with Crippen molar-refractivity contribution in [1.29, 1.82) is 0 Å². The summed E-state index contributed by atoms with van der Waals surface area (Å²) in [6, 6.07) is 8.45. The first-order valence-electron chi connectivity index (χ1n) is 7.66. The van der Waals surface area contributed by atoms with Gasteiger partial charge in [0.05, 0.1) is 6.54 Å². The molecule has 1 saturated heterocycles. The third kappa shape index (κ3) is 4.22. The van der Waals surface area contributed by atoms with Gasteiger partial charge in [-0.2, -0.15) is 8.78 Å². The van der Waals surface area contributed by atoms with E-state index in [1.54, 1.807) is 18.2 Å². The Balaban J connectivity index is 1.88. The molecule has 1 aromatic rings. The molecule has 3 nitrogen and oxygen atoms in total. The Morgan fingerprint density at radius 1 is 1.14 bits per heavy atom. The minimum atomic E-state index is -2.79. The first kappa shape index (κ1) is 16.3. The largest absolute Gasteiger partial charge is 0.329 e. The second kappa shape index (κ2) is 7.29. The average molecular weight is 297 g/mol. The van der Waals surface area contributed by atoms with Gasteiger partial charge in [-0.1, -0.05) is 37.3 Å². The second-order valence-electron chi connectivity index (χ2n) is 5.68. The molecule has 118 valence electrons. The lowest BCUT2D eigenvalue weighted by Gasteiger charge is -2.39. The van der Waals surface area contributed by atoms with Gasteiger partial charge in [-0.05, 0) is 6.42 Å². The number of alkyl halides is 2. The van der Waals surface area contributed by atoms with Crippen molar-refractivity contribution in [1.82, 2.24) is 9.80 Å². The van der Waals surface area contributed by atoms with E-state index in [4.69, 9.17) is 5.73 Å². The van der Waals surface area contributed by atoms with Gasteiger partial charge in [0.2, 0.25) is 0 Å². The van der Waals surface area contributed by atoms with Crippen LogP contribution in [-0.4, -0.2) is 55.1 Å². The highest BCUT2D eigenvalue weighted by molar-refractivity contribution is 5.20. The second-order valence-corrected chi connectivity index (χ2v) is 5.68. The Hall–Kier alpha value is -1.04. The number of piperazine rings is 1. The molecule has 2 N–H and O–H groups in total. The maximum absolute atomic E-state index is 14.3. The first-order valence-corrected chi connectivity index (χ1v) is 7.66. The van der Waals surface area contributed by atoms with Crippen molar-refractivity contribution in [3.63, 3.8) is 0 Å². The standard InChI is InChI=1S/C16H25F2N3/c1-2-15(12-19)21-10-8-20(9-11-21)13-16(17,18)14-6-4-3-5-7-14/h3-7,15H,2,8-13,19H2,1H3. The molecule has 0 radical (unpaired) electrons. The molecule has 1 aromatic carbocycles. The number of rotatable bonds is 6. The molecule has 1 aliphatic heterocycles. The van der Waals surface area contributed by atoms with Crippen molar-refractivity contribution in [3.8, 4) is 0 Å². The fourth-order valence-corrected chi connectivity index (χ4v) is 2.91. The van der Waals surface area contributed by atoms with Gasteiger partial charge in [0.25, 0.3) is 5.92 Å². The van der Waals surface area contributed by atoms with Gasteiger partial charge < -0.3 is 5.73 Å². The summed E-state index contributed by atoms with van der Waals surface area (Å²) < 4.78 is 28.5. The molecule has 1 unspecified atom stereocenters. The van der Waals surface area contributed by atoms with E-state index in [0.717, 1.165) is 19.5 Å². The Morgan fingerprint density at radius 3 is 2.29 bits per heavy atom. The van der Waals surface area contributed by atoms with Crippen LogP contribution in [0.4, 0.5) is 8.78 Å². The van der Waals surface area contributed by atoms with Crippen molar-refractivity contribution < 1.29 is 8.78 Å². The molecule has 0 saturated carbocycles. The van der Waals surface area contributed by atoms with Crippen LogP contribution in [-0.2, 0) is 5.92 Å². The van der Waals surface area contributed by atoms with E-state index >= 15 is 0 Å². The summed E-state index contributed by atoms with van der Waals surface area (Å²) in [6.45, 7) is 5.55. The molecule has 2 rings (SSSR count). The minimum absolute atomic E-state index is 0.0980. The van der Waals surface area contributed by atoms with Crippen LogP contribution >= 0.6 is 0 Å². The summed E-state index contributed by atoms with van der Waals surface area (Å²) in [5.74, 6) is -2.79. The SMILES string of the molecule is CCC(CN)N1CCN(CC(F)(F)c2ccccc2)CC1. The van der Waals surface area contributed by atoms with Gasteiger partial charge >= 0.3 is 0 Å². The van der Waals surface area contributed by atoms with Crippen molar-refractivity contribution in [3.05, 3.63) is 35.9 Å². The maximum Gasteiger partial charge on any atom is 0.285 e. The Bertz CT molecular complexity index is 413. The predicted octanol–water partition coefficient (Wildman–Crippen LogP) is 2.13. The highest BCUT2D eigenvalue weighted by atomic mass is 19.3. The number of nitrogens with two attached hydrogens (primary N) is 1.